The third-order valence-corrected chi connectivity index (χ3v) is 3.58. The van der Waals surface area contributed by atoms with Crippen molar-refractivity contribution < 1.29 is 8.91 Å². The zero-order valence-corrected chi connectivity index (χ0v) is 11.4. The fourth-order valence-electron chi connectivity index (χ4n) is 1.81. The molecule has 0 saturated carbocycles. The van der Waals surface area contributed by atoms with E-state index in [-0.39, 0.29) is 11.6 Å². The van der Waals surface area contributed by atoms with Crippen LogP contribution >= 0.6 is 11.3 Å². The molecular formula is C13H11FN4OS. The maximum atomic E-state index is 13.4. The Bertz CT molecular complexity index is 752. The van der Waals surface area contributed by atoms with Crippen molar-refractivity contribution in [1.29, 1.82) is 0 Å². The van der Waals surface area contributed by atoms with Gasteiger partial charge in [-0.1, -0.05) is 11.2 Å². The lowest BCUT2D eigenvalue weighted by molar-refractivity contribution is 0.423. The Kier molecular flexibility index (Phi) is 3.19. The van der Waals surface area contributed by atoms with Gasteiger partial charge in [-0.25, -0.2) is 9.37 Å². The van der Waals surface area contributed by atoms with Gasteiger partial charge < -0.3 is 10.3 Å². The SMILES string of the molecule is Cc1nc(Cc2noc(-c3cccc(F)c3N)n2)cs1. The number of aromatic nitrogens is 3. The molecule has 1 aromatic carbocycles. The molecule has 0 aliphatic carbocycles. The van der Waals surface area contributed by atoms with Crippen molar-refractivity contribution in [3.05, 3.63) is 45.9 Å². The fraction of sp³-hybridized carbons (Fsp3) is 0.154. The summed E-state index contributed by atoms with van der Waals surface area (Å²) in [6.45, 7) is 1.93. The van der Waals surface area contributed by atoms with Crippen LogP contribution < -0.4 is 5.73 Å². The molecule has 0 aliphatic heterocycles. The van der Waals surface area contributed by atoms with E-state index in [0.29, 0.717) is 17.8 Å². The van der Waals surface area contributed by atoms with Gasteiger partial charge in [-0.3, -0.25) is 0 Å². The third-order valence-electron chi connectivity index (χ3n) is 2.76. The molecule has 0 amide bonds. The van der Waals surface area contributed by atoms with Gasteiger partial charge in [0, 0.05) is 5.38 Å². The Morgan fingerprint density at radius 2 is 2.20 bits per heavy atom. The molecule has 2 aromatic heterocycles. The Balaban J connectivity index is 1.88. The van der Waals surface area contributed by atoms with Crippen LogP contribution in [-0.4, -0.2) is 15.1 Å². The molecule has 0 radical (unpaired) electrons. The van der Waals surface area contributed by atoms with Crippen molar-refractivity contribution in [2.24, 2.45) is 0 Å². The molecule has 0 aliphatic rings. The molecule has 0 saturated heterocycles. The summed E-state index contributed by atoms with van der Waals surface area (Å²) in [5, 5.41) is 6.80. The maximum absolute atomic E-state index is 13.4. The second-order valence-corrected chi connectivity index (χ2v) is 5.31. The van der Waals surface area contributed by atoms with Crippen LogP contribution in [0.4, 0.5) is 10.1 Å². The van der Waals surface area contributed by atoms with Crippen molar-refractivity contribution in [2.75, 3.05) is 5.73 Å². The summed E-state index contributed by atoms with van der Waals surface area (Å²) < 4.78 is 18.5. The standard InChI is InChI=1S/C13H11FN4OS/c1-7-16-8(6-20-7)5-11-17-13(19-18-11)9-3-2-4-10(14)12(9)15/h2-4,6H,5,15H2,1H3. The van der Waals surface area contributed by atoms with Gasteiger partial charge in [-0.2, -0.15) is 4.98 Å². The molecule has 3 aromatic rings. The molecule has 20 heavy (non-hydrogen) atoms. The van der Waals surface area contributed by atoms with Crippen LogP contribution in [0.5, 0.6) is 0 Å². The third kappa shape index (κ3) is 2.39. The average molecular weight is 290 g/mol. The minimum Gasteiger partial charge on any atom is -0.396 e. The lowest BCUT2D eigenvalue weighted by Crippen LogP contribution is -1.95. The highest BCUT2D eigenvalue weighted by Crippen LogP contribution is 2.26. The van der Waals surface area contributed by atoms with Gasteiger partial charge in [0.05, 0.1) is 28.4 Å². The van der Waals surface area contributed by atoms with E-state index in [1.807, 2.05) is 12.3 Å². The number of nitrogens with zero attached hydrogens (tertiary/aromatic N) is 3. The number of anilines is 1. The lowest BCUT2D eigenvalue weighted by atomic mass is 10.2. The second kappa shape index (κ2) is 5.01. The van der Waals surface area contributed by atoms with E-state index >= 15 is 0 Å². The van der Waals surface area contributed by atoms with Crippen LogP contribution in [0.15, 0.2) is 28.1 Å². The highest BCUT2D eigenvalue weighted by molar-refractivity contribution is 7.09. The highest BCUT2D eigenvalue weighted by atomic mass is 32.1. The maximum Gasteiger partial charge on any atom is 0.260 e. The predicted octanol–water partition coefficient (Wildman–Crippen LogP) is 2.81. The van der Waals surface area contributed by atoms with Gasteiger partial charge in [-0.15, -0.1) is 11.3 Å². The summed E-state index contributed by atoms with van der Waals surface area (Å²) in [5.41, 5.74) is 6.96. The smallest absolute Gasteiger partial charge is 0.260 e. The molecule has 3 rings (SSSR count). The number of halogens is 1. The van der Waals surface area contributed by atoms with Gasteiger partial charge in [0.25, 0.3) is 5.89 Å². The van der Waals surface area contributed by atoms with E-state index in [1.165, 1.54) is 6.07 Å². The number of aryl methyl sites for hydroxylation is 1. The number of rotatable bonds is 3. The summed E-state index contributed by atoms with van der Waals surface area (Å²) in [5.74, 6) is 0.204. The first-order chi connectivity index (χ1) is 9.63. The van der Waals surface area contributed by atoms with Crippen LogP contribution in [0, 0.1) is 12.7 Å². The molecule has 2 N–H and O–H groups in total. The molecule has 102 valence electrons. The summed E-state index contributed by atoms with van der Waals surface area (Å²) >= 11 is 1.56. The van der Waals surface area contributed by atoms with Gasteiger partial charge >= 0.3 is 0 Å². The fourth-order valence-corrected chi connectivity index (χ4v) is 2.42. The Morgan fingerprint density at radius 1 is 1.35 bits per heavy atom. The zero-order chi connectivity index (χ0) is 14.1. The zero-order valence-electron chi connectivity index (χ0n) is 10.6. The van der Waals surface area contributed by atoms with Crippen molar-refractivity contribution in [2.45, 2.75) is 13.3 Å². The van der Waals surface area contributed by atoms with Crippen molar-refractivity contribution in [1.82, 2.24) is 15.1 Å². The highest BCUT2D eigenvalue weighted by Gasteiger charge is 2.14. The molecule has 7 heteroatoms. The predicted molar refractivity (Wildman–Crippen MR) is 73.8 cm³/mol. The van der Waals surface area contributed by atoms with E-state index in [4.69, 9.17) is 10.3 Å². The first kappa shape index (κ1) is 12.7. The van der Waals surface area contributed by atoms with Crippen molar-refractivity contribution >= 4 is 17.0 Å². The molecule has 2 heterocycles. The van der Waals surface area contributed by atoms with E-state index < -0.39 is 5.82 Å². The van der Waals surface area contributed by atoms with Gasteiger partial charge in [0.15, 0.2) is 5.82 Å². The monoisotopic (exact) mass is 290 g/mol. The number of nitrogens with two attached hydrogens (primary N) is 1. The van der Waals surface area contributed by atoms with E-state index in [9.17, 15) is 4.39 Å². The molecule has 0 spiro atoms. The van der Waals surface area contributed by atoms with Crippen molar-refractivity contribution in [3.63, 3.8) is 0 Å². The van der Waals surface area contributed by atoms with Gasteiger partial charge in [-0.05, 0) is 19.1 Å². The van der Waals surface area contributed by atoms with Crippen LogP contribution in [0.1, 0.15) is 16.5 Å². The second-order valence-electron chi connectivity index (χ2n) is 4.25. The van der Waals surface area contributed by atoms with Gasteiger partial charge in [0.2, 0.25) is 0 Å². The Morgan fingerprint density at radius 3 is 2.95 bits per heavy atom. The number of hydrogen-bond acceptors (Lipinski definition) is 6. The van der Waals surface area contributed by atoms with E-state index in [1.54, 1.807) is 23.5 Å². The summed E-state index contributed by atoms with van der Waals surface area (Å²) in [4.78, 5) is 8.56. The molecule has 0 unspecified atom stereocenters. The minimum atomic E-state index is -0.502. The van der Waals surface area contributed by atoms with Crippen LogP contribution in [-0.2, 0) is 6.42 Å². The number of nitrogen functional groups attached to an aromatic ring is 1. The summed E-state index contributed by atoms with van der Waals surface area (Å²) in [6.07, 6.45) is 0.475. The largest absolute Gasteiger partial charge is 0.396 e. The number of thiazole rings is 1. The van der Waals surface area contributed by atoms with Gasteiger partial charge in [0.1, 0.15) is 5.82 Å². The van der Waals surface area contributed by atoms with Crippen LogP contribution in [0.2, 0.25) is 0 Å². The Hall–Kier alpha value is -2.28. The first-order valence-electron chi connectivity index (χ1n) is 5.91. The Labute approximate surface area is 118 Å². The number of hydrogen-bond donors (Lipinski definition) is 1. The van der Waals surface area contributed by atoms with Crippen molar-refractivity contribution in [3.8, 4) is 11.5 Å². The summed E-state index contributed by atoms with van der Waals surface area (Å²) in [6, 6.07) is 4.48. The minimum absolute atomic E-state index is 0.00667. The number of benzene rings is 1. The molecule has 0 atom stereocenters. The molecular weight excluding hydrogens is 279 g/mol. The van der Waals surface area contributed by atoms with Crippen LogP contribution in [0.3, 0.4) is 0 Å². The summed E-state index contributed by atoms with van der Waals surface area (Å²) in [7, 11) is 0. The number of para-hydroxylation sites is 1. The van der Waals surface area contributed by atoms with Crippen LogP contribution in [0.25, 0.3) is 11.5 Å². The van der Waals surface area contributed by atoms with E-state index in [0.717, 1.165) is 10.7 Å². The first-order valence-corrected chi connectivity index (χ1v) is 6.79. The molecule has 0 bridgehead atoms. The lowest BCUT2D eigenvalue weighted by Gasteiger charge is -2.00. The normalized spacial score (nSPS) is 10.9. The molecule has 5 nitrogen and oxygen atoms in total. The topological polar surface area (TPSA) is 77.8 Å². The molecule has 0 fully saturated rings. The quantitative estimate of drug-likeness (QED) is 0.750. The van der Waals surface area contributed by atoms with E-state index in [2.05, 4.69) is 15.1 Å². The average Bonchev–Trinajstić information content (AvgIpc) is 3.03.